The molecule has 1 amide bonds. The number of ketones is 1. The molecule has 38 heavy (non-hydrogen) atoms. The molecule has 196 valence electrons. The molecule has 1 heterocycles. The summed E-state index contributed by atoms with van der Waals surface area (Å²) in [6, 6.07) is 23.3. The van der Waals surface area contributed by atoms with Crippen LogP contribution in [0.25, 0.3) is 5.76 Å². The van der Waals surface area contributed by atoms with Crippen molar-refractivity contribution in [2.75, 3.05) is 19.8 Å². The van der Waals surface area contributed by atoms with Crippen LogP contribution in [0.3, 0.4) is 0 Å². The van der Waals surface area contributed by atoms with Gasteiger partial charge in [0.1, 0.15) is 23.9 Å². The second-order valence-electron chi connectivity index (χ2n) is 9.13. The lowest BCUT2D eigenvalue weighted by Gasteiger charge is -2.25. The van der Waals surface area contributed by atoms with E-state index in [1.807, 2.05) is 48.5 Å². The molecule has 3 aromatic carbocycles. The number of hydrogen-bond acceptors (Lipinski definition) is 5. The molecule has 4 rings (SSSR count). The molecular weight excluding hydrogens is 478 g/mol. The number of rotatable bonds is 12. The Balaban J connectivity index is 1.72. The summed E-state index contributed by atoms with van der Waals surface area (Å²) in [6.07, 6.45) is 4.15. The first kappa shape index (κ1) is 26.7. The first-order valence-corrected chi connectivity index (χ1v) is 12.9. The summed E-state index contributed by atoms with van der Waals surface area (Å²) in [5.74, 6) is -0.309. The van der Waals surface area contributed by atoms with Crippen molar-refractivity contribution < 1.29 is 24.2 Å². The van der Waals surface area contributed by atoms with Gasteiger partial charge >= 0.3 is 0 Å². The Morgan fingerprint density at radius 1 is 0.974 bits per heavy atom. The standard InChI is InChI=1S/C32H33NO5/c1-3-5-21-38-27-13-9-12-25(22-27)30(34)28-29(24-14-16-26(17-15-24)37-20-4-2)33(32(36)31(28)35)19-18-23-10-7-6-8-11-23/h4,6-17,22,29,34H,2-3,5,18-21H2,1H3/b30-28+. The minimum Gasteiger partial charge on any atom is -0.507 e. The topological polar surface area (TPSA) is 76.1 Å². The SMILES string of the molecule is C=CCOc1ccc(C2/C(=C(\O)c3cccc(OCCCC)c3)C(=O)C(=O)N2CCc2ccccc2)cc1. The van der Waals surface area contributed by atoms with Crippen LogP contribution in [-0.2, 0) is 16.0 Å². The van der Waals surface area contributed by atoms with Gasteiger partial charge in [0.05, 0.1) is 18.2 Å². The van der Waals surface area contributed by atoms with E-state index in [9.17, 15) is 14.7 Å². The smallest absolute Gasteiger partial charge is 0.295 e. The van der Waals surface area contributed by atoms with Gasteiger partial charge in [-0.1, -0.05) is 80.6 Å². The lowest BCUT2D eigenvalue weighted by Crippen LogP contribution is -2.31. The van der Waals surface area contributed by atoms with Gasteiger partial charge < -0.3 is 19.5 Å². The third-order valence-electron chi connectivity index (χ3n) is 6.46. The second kappa shape index (κ2) is 12.8. The Morgan fingerprint density at radius 3 is 2.45 bits per heavy atom. The summed E-state index contributed by atoms with van der Waals surface area (Å²) in [6.45, 7) is 7.00. The molecule has 0 saturated carbocycles. The third-order valence-corrected chi connectivity index (χ3v) is 6.46. The average Bonchev–Trinajstić information content (AvgIpc) is 3.20. The molecule has 0 radical (unpaired) electrons. The highest BCUT2D eigenvalue weighted by Gasteiger charge is 2.45. The van der Waals surface area contributed by atoms with Gasteiger partial charge in [-0.05, 0) is 48.2 Å². The maximum absolute atomic E-state index is 13.4. The van der Waals surface area contributed by atoms with E-state index in [0.717, 1.165) is 18.4 Å². The van der Waals surface area contributed by atoms with Gasteiger partial charge in [0.2, 0.25) is 0 Å². The Bertz CT molecular complexity index is 1300. The highest BCUT2D eigenvalue weighted by molar-refractivity contribution is 6.46. The zero-order valence-corrected chi connectivity index (χ0v) is 21.6. The molecule has 1 saturated heterocycles. The van der Waals surface area contributed by atoms with Gasteiger partial charge in [-0.25, -0.2) is 0 Å². The molecule has 1 aliphatic rings. The first-order valence-electron chi connectivity index (χ1n) is 12.9. The highest BCUT2D eigenvalue weighted by atomic mass is 16.5. The summed E-state index contributed by atoms with van der Waals surface area (Å²) in [7, 11) is 0. The van der Waals surface area contributed by atoms with Crippen LogP contribution < -0.4 is 9.47 Å². The van der Waals surface area contributed by atoms with Crippen molar-refractivity contribution in [3.8, 4) is 11.5 Å². The number of aliphatic hydroxyl groups excluding tert-OH is 1. The van der Waals surface area contributed by atoms with E-state index < -0.39 is 17.7 Å². The van der Waals surface area contributed by atoms with Crippen molar-refractivity contribution in [2.24, 2.45) is 0 Å². The van der Waals surface area contributed by atoms with Gasteiger partial charge in [-0.2, -0.15) is 0 Å². The van der Waals surface area contributed by atoms with Crippen LogP contribution in [0.1, 0.15) is 42.5 Å². The van der Waals surface area contributed by atoms with Gasteiger partial charge in [-0.3, -0.25) is 9.59 Å². The number of nitrogens with zero attached hydrogens (tertiary/aromatic N) is 1. The number of benzene rings is 3. The lowest BCUT2D eigenvalue weighted by molar-refractivity contribution is -0.139. The van der Waals surface area contributed by atoms with E-state index >= 15 is 0 Å². The predicted octanol–water partition coefficient (Wildman–Crippen LogP) is 6.09. The van der Waals surface area contributed by atoms with Crippen LogP contribution in [-0.4, -0.2) is 41.5 Å². The van der Waals surface area contributed by atoms with Gasteiger partial charge in [0.15, 0.2) is 0 Å². The monoisotopic (exact) mass is 511 g/mol. The Morgan fingerprint density at radius 2 is 1.74 bits per heavy atom. The summed E-state index contributed by atoms with van der Waals surface area (Å²) in [5, 5.41) is 11.4. The molecule has 0 spiro atoms. The quantitative estimate of drug-likeness (QED) is 0.105. The number of hydrogen-bond donors (Lipinski definition) is 1. The largest absolute Gasteiger partial charge is 0.507 e. The highest BCUT2D eigenvalue weighted by Crippen LogP contribution is 2.40. The van der Waals surface area contributed by atoms with E-state index in [2.05, 4.69) is 13.5 Å². The zero-order valence-electron chi connectivity index (χ0n) is 21.6. The van der Waals surface area contributed by atoms with Crippen LogP contribution in [0.4, 0.5) is 0 Å². The number of carbonyl (C=O) groups excluding carboxylic acids is 2. The van der Waals surface area contributed by atoms with E-state index in [4.69, 9.17) is 9.47 Å². The fraction of sp³-hybridized carbons (Fsp3) is 0.250. The number of carbonyl (C=O) groups is 2. The average molecular weight is 512 g/mol. The molecule has 6 heteroatoms. The van der Waals surface area contributed by atoms with E-state index in [1.54, 1.807) is 41.3 Å². The minimum atomic E-state index is -0.739. The van der Waals surface area contributed by atoms with E-state index in [-0.39, 0.29) is 11.3 Å². The molecule has 1 atom stereocenters. The summed E-state index contributed by atoms with van der Waals surface area (Å²) < 4.78 is 11.4. The molecule has 0 bridgehead atoms. The van der Waals surface area contributed by atoms with Crippen LogP contribution in [0, 0.1) is 0 Å². The summed E-state index contributed by atoms with van der Waals surface area (Å²) in [4.78, 5) is 28.2. The molecule has 1 fully saturated rings. The minimum absolute atomic E-state index is 0.0635. The number of unbranched alkanes of at least 4 members (excludes halogenated alkanes) is 1. The van der Waals surface area contributed by atoms with Crippen molar-refractivity contribution >= 4 is 17.4 Å². The van der Waals surface area contributed by atoms with E-state index in [1.165, 1.54) is 0 Å². The number of ether oxygens (including phenoxy) is 2. The first-order chi connectivity index (χ1) is 18.5. The second-order valence-corrected chi connectivity index (χ2v) is 9.13. The van der Waals surface area contributed by atoms with Crippen molar-refractivity contribution in [2.45, 2.75) is 32.2 Å². The van der Waals surface area contributed by atoms with Crippen molar-refractivity contribution in [1.82, 2.24) is 4.90 Å². The maximum atomic E-state index is 13.4. The van der Waals surface area contributed by atoms with Crippen LogP contribution in [0.2, 0.25) is 0 Å². The maximum Gasteiger partial charge on any atom is 0.295 e. The molecule has 6 nitrogen and oxygen atoms in total. The van der Waals surface area contributed by atoms with Gasteiger partial charge in [0.25, 0.3) is 11.7 Å². The van der Waals surface area contributed by atoms with Crippen molar-refractivity contribution in [1.29, 1.82) is 0 Å². The fourth-order valence-electron chi connectivity index (χ4n) is 4.48. The summed E-state index contributed by atoms with van der Waals surface area (Å²) in [5.41, 5.74) is 2.25. The molecule has 1 aliphatic heterocycles. The Labute approximate surface area is 223 Å². The van der Waals surface area contributed by atoms with Crippen molar-refractivity contribution in [3.05, 3.63) is 114 Å². The van der Waals surface area contributed by atoms with Gasteiger partial charge in [-0.15, -0.1) is 0 Å². The molecule has 1 N–H and O–H groups in total. The predicted molar refractivity (Wildman–Crippen MR) is 148 cm³/mol. The number of amides is 1. The normalized spacial score (nSPS) is 16.4. The molecule has 0 aliphatic carbocycles. The number of aliphatic hydroxyl groups is 1. The molecule has 3 aromatic rings. The fourth-order valence-corrected chi connectivity index (χ4v) is 4.48. The zero-order chi connectivity index (χ0) is 26.9. The Hall–Kier alpha value is -4.32. The van der Waals surface area contributed by atoms with Crippen LogP contribution in [0.5, 0.6) is 11.5 Å². The molecular formula is C32H33NO5. The van der Waals surface area contributed by atoms with Crippen LogP contribution >= 0.6 is 0 Å². The number of Topliss-reactive ketones (excluding diaryl/α,β-unsaturated/α-hetero) is 1. The Kier molecular flexibility index (Phi) is 8.98. The van der Waals surface area contributed by atoms with Gasteiger partial charge in [0, 0.05) is 12.1 Å². The van der Waals surface area contributed by atoms with Crippen LogP contribution in [0.15, 0.2) is 97.1 Å². The van der Waals surface area contributed by atoms with E-state index in [0.29, 0.717) is 48.8 Å². The third kappa shape index (κ3) is 6.14. The molecule has 1 unspecified atom stereocenters. The van der Waals surface area contributed by atoms with Crippen molar-refractivity contribution in [3.63, 3.8) is 0 Å². The summed E-state index contributed by atoms with van der Waals surface area (Å²) >= 11 is 0. The molecule has 0 aromatic heterocycles. The number of likely N-dealkylation sites (tertiary alicyclic amines) is 1. The lowest BCUT2D eigenvalue weighted by atomic mass is 9.95.